The number of aliphatic hydroxyl groups excluding tert-OH is 1. The molecular formula is C13H23NO2S. The van der Waals surface area contributed by atoms with Gasteiger partial charge in [-0.2, -0.15) is 11.3 Å². The first-order valence-corrected chi connectivity index (χ1v) is 7.12. The Morgan fingerprint density at radius 2 is 2.18 bits per heavy atom. The van der Waals surface area contributed by atoms with Gasteiger partial charge in [0.2, 0.25) is 0 Å². The molecule has 0 aliphatic carbocycles. The maximum Gasteiger partial charge on any atom is 0.0698 e. The number of thiophene rings is 1. The second-order valence-electron chi connectivity index (χ2n) is 4.35. The van der Waals surface area contributed by atoms with Crippen molar-refractivity contribution in [1.82, 2.24) is 4.90 Å². The van der Waals surface area contributed by atoms with Crippen LogP contribution >= 0.6 is 11.3 Å². The van der Waals surface area contributed by atoms with Crippen LogP contribution in [0.15, 0.2) is 16.8 Å². The number of hydrogen-bond acceptors (Lipinski definition) is 4. The highest BCUT2D eigenvalue weighted by atomic mass is 32.1. The number of ether oxygens (including phenoxy) is 1. The van der Waals surface area contributed by atoms with Gasteiger partial charge in [-0.25, -0.2) is 0 Å². The van der Waals surface area contributed by atoms with Crippen molar-refractivity contribution in [2.45, 2.75) is 26.3 Å². The molecule has 1 N–H and O–H groups in total. The summed E-state index contributed by atoms with van der Waals surface area (Å²) >= 11 is 1.75. The van der Waals surface area contributed by atoms with Crippen LogP contribution in [0, 0.1) is 0 Å². The minimum absolute atomic E-state index is 0.108. The van der Waals surface area contributed by atoms with Crippen LogP contribution in [0.3, 0.4) is 0 Å². The summed E-state index contributed by atoms with van der Waals surface area (Å²) in [6.07, 6.45) is 1.10. The molecule has 1 aromatic rings. The van der Waals surface area contributed by atoms with E-state index in [-0.39, 0.29) is 6.61 Å². The van der Waals surface area contributed by atoms with Gasteiger partial charge in [-0.3, -0.25) is 4.90 Å². The van der Waals surface area contributed by atoms with Crippen molar-refractivity contribution in [2.24, 2.45) is 0 Å². The molecule has 0 amide bonds. The number of hydrogen-bond donors (Lipinski definition) is 1. The summed E-state index contributed by atoms with van der Waals surface area (Å²) in [4.78, 5) is 2.41. The summed E-state index contributed by atoms with van der Waals surface area (Å²) in [5.74, 6) is 0. The van der Waals surface area contributed by atoms with Crippen LogP contribution in [0.25, 0.3) is 0 Å². The predicted molar refractivity (Wildman–Crippen MR) is 72.6 cm³/mol. The van der Waals surface area contributed by atoms with Crippen molar-refractivity contribution >= 4 is 11.3 Å². The number of nitrogens with zero attached hydrogens (tertiary/aromatic N) is 1. The molecule has 0 fully saturated rings. The number of aliphatic hydroxyl groups is 1. The summed E-state index contributed by atoms with van der Waals surface area (Å²) in [7, 11) is 0. The lowest BCUT2D eigenvalue weighted by Crippen LogP contribution is -2.35. The standard InChI is InChI=1S/C13H23NO2S/c1-12(2)14(6-8-16-9-7-15)5-3-13-4-10-17-11-13/h4,10-12,15H,3,5-9H2,1-2H3. The molecule has 0 aromatic carbocycles. The molecule has 1 rings (SSSR count). The van der Waals surface area contributed by atoms with Gasteiger partial charge in [0.1, 0.15) is 0 Å². The molecule has 1 heterocycles. The molecule has 17 heavy (non-hydrogen) atoms. The third-order valence-corrected chi connectivity index (χ3v) is 3.49. The molecule has 0 spiro atoms. The third-order valence-electron chi connectivity index (χ3n) is 2.76. The van der Waals surface area contributed by atoms with Gasteiger partial charge in [0.05, 0.1) is 19.8 Å². The zero-order chi connectivity index (χ0) is 12.5. The van der Waals surface area contributed by atoms with E-state index >= 15 is 0 Å². The lowest BCUT2D eigenvalue weighted by molar-refractivity contribution is 0.0671. The Morgan fingerprint density at radius 1 is 1.35 bits per heavy atom. The molecule has 0 radical (unpaired) electrons. The molecular weight excluding hydrogens is 234 g/mol. The normalized spacial score (nSPS) is 11.6. The van der Waals surface area contributed by atoms with Crippen molar-refractivity contribution in [3.8, 4) is 0 Å². The van der Waals surface area contributed by atoms with Crippen LogP contribution in [0.4, 0.5) is 0 Å². The Hall–Kier alpha value is -0.420. The van der Waals surface area contributed by atoms with Crippen molar-refractivity contribution < 1.29 is 9.84 Å². The van der Waals surface area contributed by atoms with Gasteiger partial charge in [-0.05, 0) is 42.7 Å². The summed E-state index contributed by atoms with van der Waals surface area (Å²) < 4.78 is 5.31. The van der Waals surface area contributed by atoms with Crippen molar-refractivity contribution in [1.29, 1.82) is 0 Å². The van der Waals surface area contributed by atoms with Gasteiger partial charge in [0.25, 0.3) is 0 Å². The molecule has 0 bridgehead atoms. The summed E-state index contributed by atoms with van der Waals surface area (Å²) in [6, 6.07) is 2.72. The first kappa shape index (κ1) is 14.6. The summed E-state index contributed by atoms with van der Waals surface area (Å²) in [5.41, 5.74) is 1.41. The van der Waals surface area contributed by atoms with Crippen LogP contribution in [0.2, 0.25) is 0 Å². The van der Waals surface area contributed by atoms with E-state index in [4.69, 9.17) is 9.84 Å². The largest absolute Gasteiger partial charge is 0.394 e. The zero-order valence-electron chi connectivity index (χ0n) is 10.8. The Balaban J connectivity index is 2.23. The Labute approximate surface area is 108 Å². The topological polar surface area (TPSA) is 32.7 Å². The molecule has 0 atom stereocenters. The fourth-order valence-corrected chi connectivity index (χ4v) is 2.39. The van der Waals surface area contributed by atoms with E-state index < -0.39 is 0 Å². The quantitative estimate of drug-likeness (QED) is 0.687. The lowest BCUT2D eigenvalue weighted by atomic mass is 10.2. The Kier molecular flexibility index (Phi) is 7.44. The molecule has 3 nitrogen and oxygen atoms in total. The summed E-state index contributed by atoms with van der Waals surface area (Å²) in [5, 5.41) is 13.0. The van der Waals surface area contributed by atoms with Gasteiger partial charge in [-0.15, -0.1) is 0 Å². The second kappa shape index (κ2) is 8.64. The monoisotopic (exact) mass is 257 g/mol. The second-order valence-corrected chi connectivity index (χ2v) is 5.13. The fourth-order valence-electron chi connectivity index (χ4n) is 1.68. The van der Waals surface area contributed by atoms with Gasteiger partial charge in [0.15, 0.2) is 0 Å². The minimum atomic E-state index is 0.108. The van der Waals surface area contributed by atoms with Crippen LogP contribution < -0.4 is 0 Å². The number of rotatable bonds is 9. The Bertz CT molecular complexity index is 275. The van der Waals surface area contributed by atoms with E-state index in [0.29, 0.717) is 19.3 Å². The highest BCUT2D eigenvalue weighted by Crippen LogP contribution is 2.08. The SMILES string of the molecule is CC(C)N(CCOCCO)CCc1ccsc1. The first-order valence-electron chi connectivity index (χ1n) is 6.17. The van der Waals surface area contributed by atoms with Crippen molar-refractivity contribution in [2.75, 3.05) is 32.9 Å². The van der Waals surface area contributed by atoms with E-state index in [1.54, 1.807) is 11.3 Å². The van der Waals surface area contributed by atoms with E-state index in [1.165, 1.54) is 5.56 Å². The van der Waals surface area contributed by atoms with E-state index in [2.05, 4.69) is 35.6 Å². The molecule has 0 aliphatic heterocycles. The molecule has 0 saturated heterocycles. The summed E-state index contributed by atoms with van der Waals surface area (Å²) in [6.45, 7) is 7.66. The smallest absolute Gasteiger partial charge is 0.0698 e. The fraction of sp³-hybridized carbons (Fsp3) is 0.692. The maximum absolute atomic E-state index is 8.63. The highest BCUT2D eigenvalue weighted by Gasteiger charge is 2.09. The molecule has 4 heteroatoms. The molecule has 1 aromatic heterocycles. The minimum Gasteiger partial charge on any atom is -0.394 e. The van der Waals surface area contributed by atoms with Crippen LogP contribution in [0.5, 0.6) is 0 Å². The average Bonchev–Trinajstić information content (AvgIpc) is 2.80. The van der Waals surface area contributed by atoms with Gasteiger partial charge >= 0.3 is 0 Å². The molecule has 0 saturated carbocycles. The third kappa shape index (κ3) is 6.17. The van der Waals surface area contributed by atoms with Crippen molar-refractivity contribution in [3.05, 3.63) is 22.4 Å². The van der Waals surface area contributed by atoms with Crippen LogP contribution in [-0.2, 0) is 11.2 Å². The lowest BCUT2D eigenvalue weighted by Gasteiger charge is -2.26. The first-order chi connectivity index (χ1) is 8.24. The van der Waals surface area contributed by atoms with Gasteiger partial charge < -0.3 is 9.84 Å². The molecule has 0 unspecified atom stereocenters. The zero-order valence-corrected chi connectivity index (χ0v) is 11.6. The predicted octanol–water partition coefficient (Wildman–Crippen LogP) is 2.01. The van der Waals surface area contributed by atoms with E-state index in [9.17, 15) is 0 Å². The maximum atomic E-state index is 8.63. The van der Waals surface area contributed by atoms with Gasteiger partial charge in [0, 0.05) is 19.1 Å². The van der Waals surface area contributed by atoms with Gasteiger partial charge in [-0.1, -0.05) is 0 Å². The van der Waals surface area contributed by atoms with Crippen molar-refractivity contribution in [3.63, 3.8) is 0 Å². The molecule has 0 aliphatic rings. The van der Waals surface area contributed by atoms with E-state index in [1.807, 2.05) is 0 Å². The van der Waals surface area contributed by atoms with Crippen LogP contribution in [-0.4, -0.2) is 49.0 Å². The highest BCUT2D eigenvalue weighted by molar-refractivity contribution is 7.07. The average molecular weight is 257 g/mol. The Morgan fingerprint density at radius 3 is 2.76 bits per heavy atom. The molecule has 98 valence electrons. The van der Waals surface area contributed by atoms with E-state index in [0.717, 1.165) is 19.5 Å². The van der Waals surface area contributed by atoms with Crippen LogP contribution in [0.1, 0.15) is 19.4 Å².